The Morgan fingerprint density at radius 2 is 1.91 bits per heavy atom. The maximum absolute atomic E-state index is 3.26. The van der Waals surface area contributed by atoms with Gasteiger partial charge >= 0.3 is 21.7 Å². The molecule has 3 heteroatoms. The third kappa shape index (κ3) is 5.98. The molecule has 0 fully saturated rings. The summed E-state index contributed by atoms with van der Waals surface area (Å²) < 4.78 is 0. The molecule has 61 valence electrons. The third-order valence-corrected chi connectivity index (χ3v) is 1.34. The average molecular weight is 226 g/mol. The van der Waals surface area contributed by atoms with Gasteiger partial charge in [0.05, 0.1) is 0 Å². The smallest absolute Gasteiger partial charge is 1.00 e. The molecule has 1 radical (unpaired) electrons. The maximum Gasteiger partial charge on any atom is 3.00 e. The Balaban J connectivity index is -0.000000213. The van der Waals surface area contributed by atoms with E-state index in [0.29, 0.717) is 5.92 Å². The van der Waals surface area contributed by atoms with E-state index in [4.69, 9.17) is 0 Å². The minimum atomic E-state index is 0. The normalized spacial score (nSPS) is 12.8. The summed E-state index contributed by atoms with van der Waals surface area (Å²) in [6, 6.07) is 0. The zero-order chi connectivity index (χ0) is 5.98. The molecule has 0 heterocycles. The SMILES string of the molecule is CC(C)C1=[C-]CC=C1.[Cl-].[Cl-].[Ti+3]. The molecule has 0 unspecified atom stereocenters. The van der Waals surface area contributed by atoms with Crippen molar-refractivity contribution in [2.75, 3.05) is 0 Å². The van der Waals surface area contributed by atoms with Crippen molar-refractivity contribution in [2.45, 2.75) is 20.3 Å². The van der Waals surface area contributed by atoms with E-state index < -0.39 is 0 Å². The predicted octanol–water partition coefficient (Wildman–Crippen LogP) is -3.66. The van der Waals surface area contributed by atoms with Crippen LogP contribution in [0.25, 0.3) is 0 Å². The van der Waals surface area contributed by atoms with Gasteiger partial charge in [-0.15, -0.1) is 6.42 Å². The topological polar surface area (TPSA) is 0 Å². The van der Waals surface area contributed by atoms with Crippen molar-refractivity contribution in [3.05, 3.63) is 23.8 Å². The molecule has 0 aromatic carbocycles. The van der Waals surface area contributed by atoms with E-state index in [0.717, 1.165) is 6.42 Å². The van der Waals surface area contributed by atoms with Gasteiger partial charge in [-0.25, -0.2) is 11.6 Å². The fraction of sp³-hybridized carbons (Fsp3) is 0.500. The maximum atomic E-state index is 3.26. The van der Waals surface area contributed by atoms with Gasteiger partial charge < -0.3 is 24.8 Å². The second-order valence-electron chi connectivity index (χ2n) is 2.39. The number of hydrogen-bond acceptors (Lipinski definition) is 0. The second kappa shape index (κ2) is 8.87. The molecule has 1 aliphatic carbocycles. The van der Waals surface area contributed by atoms with Crippen LogP contribution in [0.4, 0.5) is 0 Å². The first-order chi connectivity index (χ1) is 3.80. The molecule has 0 spiro atoms. The van der Waals surface area contributed by atoms with Crippen LogP contribution in [0.15, 0.2) is 17.7 Å². The molecule has 0 atom stereocenters. The molecule has 0 saturated heterocycles. The van der Waals surface area contributed by atoms with Gasteiger partial charge in [0.2, 0.25) is 0 Å². The standard InChI is InChI=1S/C8H11.2ClH.Ti/c1-7(2)8-5-3-4-6-8;;;/h3,5,7H,4H2,1-2H3;2*1H;/q-1;;;+3/p-2. The van der Waals surface area contributed by atoms with Crippen LogP contribution in [-0.2, 0) is 21.7 Å². The van der Waals surface area contributed by atoms with E-state index in [2.05, 4.69) is 32.1 Å². The number of rotatable bonds is 1. The summed E-state index contributed by atoms with van der Waals surface area (Å²) in [5.41, 5.74) is 1.37. The van der Waals surface area contributed by atoms with Gasteiger partial charge in [-0.1, -0.05) is 19.8 Å². The predicted molar refractivity (Wildman–Crippen MR) is 35.4 cm³/mol. The van der Waals surface area contributed by atoms with Crippen LogP contribution in [0, 0.1) is 12.0 Å². The molecule has 0 aliphatic heterocycles. The molecular formula is C8H11Cl2Ti. The summed E-state index contributed by atoms with van der Waals surface area (Å²) in [6.45, 7) is 4.38. The van der Waals surface area contributed by atoms with Gasteiger partial charge in [-0.3, -0.25) is 6.08 Å². The van der Waals surface area contributed by atoms with Crippen molar-refractivity contribution >= 4 is 0 Å². The van der Waals surface area contributed by atoms with Gasteiger partial charge in [0.1, 0.15) is 0 Å². The first-order valence-electron chi connectivity index (χ1n) is 3.08. The summed E-state index contributed by atoms with van der Waals surface area (Å²) in [7, 11) is 0. The van der Waals surface area contributed by atoms with Gasteiger partial charge in [0, 0.05) is 0 Å². The Bertz CT molecular complexity index is 139. The molecule has 0 N–H and O–H groups in total. The molecule has 0 aromatic rings. The van der Waals surface area contributed by atoms with Crippen LogP contribution >= 0.6 is 0 Å². The summed E-state index contributed by atoms with van der Waals surface area (Å²) in [6.07, 6.45) is 8.59. The fourth-order valence-electron chi connectivity index (χ4n) is 0.818. The third-order valence-electron chi connectivity index (χ3n) is 1.34. The van der Waals surface area contributed by atoms with Gasteiger partial charge in [0.15, 0.2) is 0 Å². The Morgan fingerprint density at radius 1 is 1.36 bits per heavy atom. The molecule has 1 rings (SSSR count). The van der Waals surface area contributed by atoms with Gasteiger partial charge in [0.25, 0.3) is 0 Å². The Kier molecular flexibility index (Phi) is 14.3. The van der Waals surface area contributed by atoms with Crippen molar-refractivity contribution in [3.8, 4) is 0 Å². The zero-order valence-corrected chi connectivity index (χ0v) is 9.77. The number of hydrogen-bond donors (Lipinski definition) is 0. The van der Waals surface area contributed by atoms with Crippen molar-refractivity contribution in [1.82, 2.24) is 0 Å². The van der Waals surface area contributed by atoms with Crippen molar-refractivity contribution in [3.63, 3.8) is 0 Å². The largest absolute Gasteiger partial charge is 3.00 e. The fourth-order valence-corrected chi connectivity index (χ4v) is 0.818. The van der Waals surface area contributed by atoms with E-state index in [9.17, 15) is 0 Å². The van der Waals surface area contributed by atoms with Crippen molar-refractivity contribution in [2.24, 2.45) is 5.92 Å². The van der Waals surface area contributed by atoms with Gasteiger partial charge in [-0.2, -0.15) is 6.08 Å². The first-order valence-corrected chi connectivity index (χ1v) is 3.08. The van der Waals surface area contributed by atoms with E-state index in [1.54, 1.807) is 0 Å². The summed E-state index contributed by atoms with van der Waals surface area (Å²) in [5, 5.41) is 0. The summed E-state index contributed by atoms with van der Waals surface area (Å²) in [5.74, 6) is 0.661. The molecule has 0 aromatic heterocycles. The van der Waals surface area contributed by atoms with E-state index in [1.807, 2.05) is 0 Å². The minimum absolute atomic E-state index is 0. The molecule has 0 bridgehead atoms. The molecule has 1 aliphatic rings. The van der Waals surface area contributed by atoms with E-state index in [1.165, 1.54) is 5.57 Å². The second-order valence-corrected chi connectivity index (χ2v) is 2.39. The van der Waals surface area contributed by atoms with Crippen LogP contribution < -0.4 is 24.8 Å². The quantitative estimate of drug-likeness (QED) is 0.319. The average Bonchev–Trinajstić information content (AvgIpc) is 2.12. The summed E-state index contributed by atoms with van der Waals surface area (Å²) in [4.78, 5) is 0. The van der Waals surface area contributed by atoms with E-state index in [-0.39, 0.29) is 46.5 Å². The van der Waals surface area contributed by atoms with Crippen LogP contribution in [0.5, 0.6) is 0 Å². The van der Waals surface area contributed by atoms with Crippen LogP contribution in [0.3, 0.4) is 0 Å². The van der Waals surface area contributed by atoms with Crippen LogP contribution in [0.1, 0.15) is 20.3 Å². The van der Waals surface area contributed by atoms with Crippen LogP contribution in [0.2, 0.25) is 0 Å². The Labute approximate surface area is 96.2 Å². The minimum Gasteiger partial charge on any atom is -1.00 e. The van der Waals surface area contributed by atoms with E-state index >= 15 is 0 Å². The number of halogens is 2. The Hall–Kier alpha value is 0.774. The first kappa shape index (κ1) is 17.8. The molecule has 0 saturated carbocycles. The number of allylic oxidation sites excluding steroid dienone is 4. The summed E-state index contributed by atoms with van der Waals surface area (Å²) >= 11 is 0. The van der Waals surface area contributed by atoms with Crippen molar-refractivity contribution in [1.29, 1.82) is 0 Å². The molecule has 11 heavy (non-hydrogen) atoms. The Morgan fingerprint density at radius 3 is 2.09 bits per heavy atom. The molecular weight excluding hydrogens is 215 g/mol. The van der Waals surface area contributed by atoms with Crippen molar-refractivity contribution < 1.29 is 46.5 Å². The zero-order valence-electron chi connectivity index (χ0n) is 6.70. The monoisotopic (exact) mass is 225 g/mol. The van der Waals surface area contributed by atoms with Crippen LogP contribution in [-0.4, -0.2) is 0 Å². The van der Waals surface area contributed by atoms with Gasteiger partial charge in [-0.05, 0) is 0 Å². The molecule has 0 amide bonds. The molecule has 0 nitrogen and oxygen atoms in total.